The molecular weight excluding hydrogens is 434 g/mol. The average molecular weight is 450 g/mol. The van der Waals surface area contributed by atoms with E-state index in [9.17, 15) is 0 Å². The van der Waals surface area contributed by atoms with Gasteiger partial charge in [-0.05, 0) is 0 Å². The van der Waals surface area contributed by atoms with Crippen molar-refractivity contribution in [2.45, 2.75) is 0 Å². The smallest absolute Gasteiger partial charge is 0.543 e. The molecule has 0 aromatic carbocycles. The largest absolute Gasteiger partial charge is 2.00 e. The number of carboxylic acid groups (broad SMARTS) is 2. The van der Waals surface area contributed by atoms with Crippen molar-refractivity contribution in [3.8, 4) is 0 Å². The second-order valence-corrected chi connectivity index (χ2v) is 0.575. The zero-order chi connectivity index (χ0) is 17.2. The molecule has 0 aromatic rings. The topological polar surface area (TPSA) is 369 Å². The summed E-state index contributed by atoms with van der Waals surface area (Å²) in [5.41, 5.74) is 0. The zero-order valence-electron chi connectivity index (χ0n) is 14.7. The van der Waals surface area contributed by atoms with E-state index in [2.05, 4.69) is 0 Å². The van der Waals surface area contributed by atoms with Crippen LogP contribution in [0.1, 0.15) is 0 Å². The Morgan fingerprint density at radius 3 is 0.520 bits per heavy atom. The van der Waals surface area contributed by atoms with Gasteiger partial charge in [-0.2, -0.15) is 0 Å². The van der Waals surface area contributed by atoms with Crippen molar-refractivity contribution in [3.63, 3.8) is 0 Å². The number of aliphatic carboxylic acids is 2. The Morgan fingerprint density at radius 2 is 0.520 bits per heavy atom. The van der Waals surface area contributed by atoms with Crippen molar-refractivity contribution < 1.29 is 140 Å². The van der Waals surface area contributed by atoms with Gasteiger partial charge in [0, 0.05) is 0 Å². The van der Waals surface area contributed by atoms with Gasteiger partial charge in [-0.3, -0.25) is 0 Å². The molecule has 0 atom stereocenters. The SMILES string of the molecule is O=C([O-])C(=O)[O-].[C-]#N.[C-]#N.[C-]#N.[C-]#N.[C-]#N.[C-]#N.[Fe+2].[K+].[K+].[NH4+].[NH4+].[NH4+].[NH4+]. The van der Waals surface area contributed by atoms with Gasteiger partial charge in [0.25, 0.3) is 0 Å². The van der Waals surface area contributed by atoms with Crippen LogP contribution in [-0.4, -0.2) is 11.9 Å². The minimum Gasteiger partial charge on any atom is -0.543 e. The van der Waals surface area contributed by atoms with E-state index in [1.54, 1.807) is 0 Å². The second kappa shape index (κ2) is 392. The van der Waals surface area contributed by atoms with Gasteiger partial charge in [0.15, 0.2) is 0 Å². The van der Waals surface area contributed by atoms with Crippen LogP contribution < -0.4 is 138 Å². The molecule has 0 fully saturated rings. The molecule has 0 aliphatic carbocycles. The minimum atomic E-state index is -2.19. The first-order chi connectivity index (χ1) is 8.64. The van der Waals surface area contributed by atoms with E-state index in [-0.39, 0.29) is 144 Å². The first-order valence-corrected chi connectivity index (χ1v) is 2.41. The van der Waals surface area contributed by atoms with Crippen molar-refractivity contribution in [1.82, 2.24) is 24.6 Å². The van der Waals surface area contributed by atoms with E-state index in [1.165, 1.54) is 0 Å². The molecule has 16 N–H and O–H groups in total. The molecule has 0 saturated heterocycles. The van der Waals surface area contributed by atoms with Crippen LogP contribution in [0.5, 0.6) is 0 Å². The molecule has 0 amide bonds. The number of hydrogen-bond acceptors (Lipinski definition) is 10. The number of carbonyl (C=O) groups is 2. The molecule has 0 aliphatic rings. The molecule has 17 heteroatoms. The number of carboxylic acids is 2. The van der Waals surface area contributed by atoms with Gasteiger partial charge in [0.05, 0.1) is 11.9 Å². The molecule has 0 unspecified atom stereocenters. The van der Waals surface area contributed by atoms with Gasteiger partial charge in [-0.1, -0.05) is 0 Å². The summed E-state index contributed by atoms with van der Waals surface area (Å²) in [6.07, 6.45) is 0. The number of quaternary nitrogens is 4. The van der Waals surface area contributed by atoms with Gasteiger partial charge < -0.3 is 115 Å². The van der Waals surface area contributed by atoms with Gasteiger partial charge >= 0.3 is 120 Å². The first kappa shape index (κ1) is 123. The standard InChI is InChI=1S/C2H2O4.6CN.Fe.2K.4H3N/c3-1(4)2(5)6;6*1-2;;;;;;;/h(H,3,4)(H,5,6);;;;;;;;;;4*1H3/q;6*-1;+2;2*+1;;;;/p+2. The molecule has 0 rings (SSSR count). The summed E-state index contributed by atoms with van der Waals surface area (Å²) >= 11 is 0. The maximum Gasteiger partial charge on any atom is 2.00 e. The normalized spacial score (nSPS) is 2.24. The van der Waals surface area contributed by atoms with Crippen LogP contribution in [0.25, 0.3) is 0 Å². The summed E-state index contributed by atoms with van der Waals surface area (Å²) in [5, 5.41) is 55.4. The van der Waals surface area contributed by atoms with E-state index >= 15 is 0 Å². The zero-order valence-corrected chi connectivity index (χ0v) is 22.0. The third kappa shape index (κ3) is 882. The van der Waals surface area contributed by atoms with Crippen molar-refractivity contribution >= 4 is 11.9 Å². The maximum atomic E-state index is 8.93. The van der Waals surface area contributed by atoms with E-state index < -0.39 is 11.9 Å². The number of carbonyl (C=O) groups excluding carboxylic acids is 2. The summed E-state index contributed by atoms with van der Waals surface area (Å²) in [6.45, 7) is 28.5. The molecule has 0 heterocycles. The molecule has 14 nitrogen and oxygen atoms in total. The van der Waals surface area contributed by atoms with Gasteiger partial charge in [-0.15, -0.1) is 0 Å². The van der Waals surface area contributed by atoms with Gasteiger partial charge in [0.1, 0.15) is 0 Å². The Kier molecular flexibility index (Phi) is 1920. The summed E-state index contributed by atoms with van der Waals surface area (Å²) in [4.78, 5) is 17.9. The maximum absolute atomic E-state index is 8.93. The van der Waals surface area contributed by atoms with Crippen LogP contribution >= 0.6 is 0 Å². The monoisotopic (exact) mass is 450 g/mol. The third-order valence-electron chi connectivity index (χ3n) is 0.167. The van der Waals surface area contributed by atoms with E-state index in [0.29, 0.717) is 0 Å². The van der Waals surface area contributed by atoms with Crippen LogP contribution in [-0.2, 0) is 26.7 Å². The fourth-order valence-corrected chi connectivity index (χ4v) is 0. The number of nitrogens with zero attached hydrogens (tertiary/aromatic N) is 6. The van der Waals surface area contributed by atoms with Crippen LogP contribution in [0.2, 0.25) is 0 Å². The Hall–Kier alpha value is -0.488. The van der Waals surface area contributed by atoms with Crippen molar-refractivity contribution in [1.29, 1.82) is 31.6 Å². The van der Waals surface area contributed by atoms with Crippen molar-refractivity contribution in [2.24, 2.45) is 0 Å². The molecule has 0 aromatic heterocycles. The Bertz CT molecular complexity index is 248. The quantitative estimate of drug-likeness (QED) is 0.153. The van der Waals surface area contributed by atoms with Crippen LogP contribution in [0.4, 0.5) is 0 Å². The predicted octanol–water partition coefficient (Wildman–Crippen LogP) is -7.43. The Labute approximate surface area is 243 Å². The molecule has 0 bridgehead atoms. The summed E-state index contributed by atoms with van der Waals surface area (Å²) in [5.74, 6) is -4.37. The van der Waals surface area contributed by atoms with E-state index in [4.69, 9.17) is 90.8 Å². The first-order valence-electron chi connectivity index (χ1n) is 2.41. The minimum absolute atomic E-state index is 0. The Balaban J connectivity index is -0.00000000480. The van der Waals surface area contributed by atoms with Crippen molar-refractivity contribution in [2.75, 3.05) is 0 Å². The summed E-state index contributed by atoms with van der Waals surface area (Å²) in [6, 6.07) is 0. The Morgan fingerprint density at radius 1 is 0.480 bits per heavy atom. The molecule has 25 heavy (non-hydrogen) atoms. The second-order valence-electron chi connectivity index (χ2n) is 0.575. The molecular formula is C8H16FeK2N10O4. The summed E-state index contributed by atoms with van der Waals surface area (Å²) < 4.78 is 0. The molecule has 0 radical (unpaired) electrons. The van der Waals surface area contributed by atoms with E-state index in [1.807, 2.05) is 0 Å². The third-order valence-corrected chi connectivity index (χ3v) is 0.167. The fraction of sp³-hybridized carbons (Fsp3) is 0. The van der Waals surface area contributed by atoms with Gasteiger partial charge in [0.2, 0.25) is 0 Å². The molecule has 132 valence electrons. The van der Waals surface area contributed by atoms with Crippen LogP contribution in [0, 0.1) is 71.0 Å². The molecule has 0 spiro atoms. The molecule has 0 aliphatic heterocycles. The van der Waals surface area contributed by atoms with Crippen LogP contribution in [0.15, 0.2) is 0 Å². The fourth-order valence-electron chi connectivity index (χ4n) is 0. The van der Waals surface area contributed by atoms with Crippen LogP contribution in [0.3, 0.4) is 0 Å². The van der Waals surface area contributed by atoms with E-state index in [0.717, 1.165) is 0 Å². The number of hydrogen-bond donors (Lipinski definition) is 4. The average Bonchev–Trinajstić information content (AvgIpc) is 2.51. The molecule has 0 saturated carbocycles. The van der Waals surface area contributed by atoms with Gasteiger partial charge in [-0.25, -0.2) is 0 Å². The summed E-state index contributed by atoms with van der Waals surface area (Å²) in [7, 11) is 0. The number of rotatable bonds is 0. The predicted molar refractivity (Wildman–Crippen MR) is 63.8 cm³/mol. The van der Waals surface area contributed by atoms with Crippen molar-refractivity contribution in [3.05, 3.63) is 39.4 Å².